The predicted octanol–water partition coefficient (Wildman–Crippen LogP) is 2.33. The van der Waals surface area contributed by atoms with Crippen LogP contribution in [-0.4, -0.2) is 50.5 Å². The van der Waals surface area contributed by atoms with Crippen LogP contribution in [0.5, 0.6) is 0 Å². The van der Waals surface area contributed by atoms with E-state index in [1.165, 1.54) is 0 Å². The molecule has 0 aliphatic carbocycles. The topological polar surface area (TPSA) is 114 Å². The maximum atomic E-state index is 12.4. The zero-order valence-electron chi connectivity index (χ0n) is 14.8. The number of amides is 1. The molecule has 3 aromatic rings. The average molecular weight is 364 g/mol. The number of hydrogen-bond acceptors (Lipinski definition) is 6. The van der Waals surface area contributed by atoms with Crippen molar-refractivity contribution in [1.82, 2.24) is 25.0 Å². The van der Waals surface area contributed by atoms with E-state index >= 15 is 0 Å². The minimum absolute atomic E-state index is 0.0352. The second kappa shape index (κ2) is 7.55. The summed E-state index contributed by atoms with van der Waals surface area (Å²) in [4.78, 5) is 25.9. The molecule has 1 amide bonds. The van der Waals surface area contributed by atoms with Gasteiger partial charge < -0.3 is 20.1 Å². The summed E-state index contributed by atoms with van der Waals surface area (Å²) in [7, 11) is 0. The van der Waals surface area contributed by atoms with Crippen molar-refractivity contribution >= 4 is 12.0 Å². The molecule has 0 unspecified atom stereocenters. The summed E-state index contributed by atoms with van der Waals surface area (Å²) < 4.78 is 5.19. The molecule has 1 saturated heterocycles. The monoisotopic (exact) mass is 364 g/mol. The summed E-state index contributed by atoms with van der Waals surface area (Å²) >= 11 is 0. The summed E-state index contributed by atoms with van der Waals surface area (Å²) in [6, 6.07) is 7.67. The van der Waals surface area contributed by atoms with Crippen molar-refractivity contribution in [3.05, 3.63) is 48.3 Å². The Hall–Kier alpha value is -3.26. The molecule has 0 bridgehead atoms. The molecule has 27 heavy (non-hydrogen) atoms. The van der Waals surface area contributed by atoms with Crippen LogP contribution in [0.15, 0.2) is 41.1 Å². The average Bonchev–Trinajstić information content (AvgIpc) is 3.47. The highest BCUT2D eigenvalue weighted by Crippen LogP contribution is 2.24. The van der Waals surface area contributed by atoms with E-state index in [2.05, 4.69) is 20.1 Å². The number of benzene rings is 1. The van der Waals surface area contributed by atoms with Gasteiger partial charge >= 0.3 is 11.8 Å². The quantitative estimate of drug-likeness (QED) is 0.718. The Balaban J connectivity index is 1.57. The lowest BCUT2D eigenvalue weighted by atomic mass is 10.1. The number of carbonyl (C=O) groups is 1. The van der Waals surface area contributed by atoms with Gasteiger partial charge in [0.15, 0.2) is 0 Å². The highest BCUT2D eigenvalue weighted by molar-refractivity contribution is 5.90. The number of nitrogens with two attached hydrogens (primary N) is 1. The first-order valence-corrected chi connectivity index (χ1v) is 8.90. The minimum Gasteiger partial charge on any atom is -0.338 e. The van der Waals surface area contributed by atoms with Crippen LogP contribution in [0.3, 0.4) is 0 Å². The van der Waals surface area contributed by atoms with Crippen LogP contribution in [-0.2, 0) is 0 Å². The van der Waals surface area contributed by atoms with Gasteiger partial charge in [0, 0.05) is 30.8 Å². The number of imidazole rings is 1. The fourth-order valence-electron chi connectivity index (χ4n) is 3.06. The maximum Gasteiger partial charge on any atom is 0.316 e. The lowest BCUT2D eigenvalue weighted by Gasteiger charge is -2.10. The second-order valence-electron chi connectivity index (χ2n) is 6.32. The van der Waals surface area contributed by atoms with Crippen LogP contribution in [0.2, 0.25) is 0 Å². The van der Waals surface area contributed by atoms with Gasteiger partial charge in [-0.15, -0.1) is 0 Å². The van der Waals surface area contributed by atoms with Crippen molar-refractivity contribution in [2.75, 3.05) is 19.6 Å². The molecular weight excluding hydrogens is 344 g/mol. The highest BCUT2D eigenvalue weighted by atomic mass is 16.5. The molecule has 1 fully saturated rings. The van der Waals surface area contributed by atoms with Gasteiger partial charge in [0.05, 0.1) is 11.9 Å². The van der Waals surface area contributed by atoms with Crippen molar-refractivity contribution in [3.63, 3.8) is 0 Å². The van der Waals surface area contributed by atoms with Gasteiger partial charge in [-0.25, -0.2) is 4.98 Å². The summed E-state index contributed by atoms with van der Waals surface area (Å²) in [5.41, 5.74) is 8.03. The highest BCUT2D eigenvalue weighted by Gasteiger charge is 2.25. The molecule has 0 saturated carbocycles. The third-order valence-corrected chi connectivity index (χ3v) is 4.44. The molecule has 1 aliphatic rings. The molecule has 2 aromatic heterocycles. The van der Waals surface area contributed by atoms with Crippen LogP contribution in [0.25, 0.3) is 28.7 Å². The summed E-state index contributed by atoms with van der Waals surface area (Å²) in [5.74, 6) is 0.960. The number of hydrogen-bond donors (Lipinski definition) is 2. The Morgan fingerprint density at radius 2 is 2.11 bits per heavy atom. The molecule has 0 atom stereocenters. The molecular formula is C19H20N6O2. The van der Waals surface area contributed by atoms with E-state index in [0.29, 0.717) is 12.4 Å². The normalized spacial score (nSPS) is 14.3. The first-order valence-electron chi connectivity index (χ1n) is 8.90. The smallest absolute Gasteiger partial charge is 0.316 e. The molecule has 0 spiro atoms. The first kappa shape index (κ1) is 17.2. The van der Waals surface area contributed by atoms with Gasteiger partial charge in [-0.05, 0) is 25.0 Å². The van der Waals surface area contributed by atoms with Gasteiger partial charge in [0.25, 0.3) is 0 Å². The molecule has 8 nitrogen and oxygen atoms in total. The van der Waals surface area contributed by atoms with Gasteiger partial charge in [-0.1, -0.05) is 29.4 Å². The number of likely N-dealkylation sites (tertiary alicyclic amines) is 1. The van der Waals surface area contributed by atoms with Crippen LogP contribution in [0, 0.1) is 0 Å². The van der Waals surface area contributed by atoms with E-state index in [4.69, 9.17) is 10.3 Å². The van der Waals surface area contributed by atoms with E-state index in [1.54, 1.807) is 11.1 Å². The zero-order chi connectivity index (χ0) is 18.6. The van der Waals surface area contributed by atoms with E-state index in [0.717, 1.165) is 48.6 Å². The van der Waals surface area contributed by atoms with Crippen molar-refractivity contribution in [3.8, 4) is 22.6 Å². The molecule has 1 aromatic carbocycles. The Morgan fingerprint density at radius 1 is 1.30 bits per heavy atom. The Labute approximate surface area is 156 Å². The molecule has 3 heterocycles. The van der Waals surface area contributed by atoms with Gasteiger partial charge in [0.1, 0.15) is 5.82 Å². The summed E-state index contributed by atoms with van der Waals surface area (Å²) in [5, 5.41) is 3.97. The van der Waals surface area contributed by atoms with E-state index in [1.807, 2.05) is 36.4 Å². The number of H-pyrrole nitrogens is 1. The van der Waals surface area contributed by atoms with E-state index in [9.17, 15) is 4.79 Å². The van der Waals surface area contributed by atoms with Crippen LogP contribution < -0.4 is 5.73 Å². The maximum absolute atomic E-state index is 12.4. The number of rotatable bonds is 5. The van der Waals surface area contributed by atoms with Gasteiger partial charge in [0.2, 0.25) is 5.82 Å². The van der Waals surface area contributed by atoms with Crippen LogP contribution in [0.4, 0.5) is 0 Å². The Morgan fingerprint density at radius 3 is 2.93 bits per heavy atom. The van der Waals surface area contributed by atoms with Crippen molar-refractivity contribution in [2.45, 2.75) is 12.8 Å². The third kappa shape index (κ3) is 3.65. The first-order chi connectivity index (χ1) is 13.2. The molecule has 0 radical (unpaired) electrons. The van der Waals surface area contributed by atoms with Crippen LogP contribution in [0.1, 0.15) is 29.4 Å². The second-order valence-corrected chi connectivity index (χ2v) is 6.32. The lowest BCUT2D eigenvalue weighted by molar-refractivity contribution is 0.0743. The fourth-order valence-corrected chi connectivity index (χ4v) is 3.06. The number of carbonyl (C=O) groups excluding carboxylic acids is 1. The Kier molecular flexibility index (Phi) is 4.80. The SMILES string of the molecule is NCC=Cc1ncc(-c2cccc(-c3noc(C(=O)N4CCCC4)n3)c2)[nH]1. The third-order valence-electron chi connectivity index (χ3n) is 4.44. The lowest BCUT2D eigenvalue weighted by Crippen LogP contribution is -2.27. The number of nitrogens with zero attached hydrogens (tertiary/aromatic N) is 4. The molecule has 1 aliphatic heterocycles. The largest absolute Gasteiger partial charge is 0.338 e. The van der Waals surface area contributed by atoms with E-state index < -0.39 is 0 Å². The standard InChI is InChI=1S/C19H20N6O2/c20-8-4-7-16-21-12-15(22-16)13-5-3-6-14(11-13)17-23-18(27-24-17)19(26)25-9-1-2-10-25/h3-7,11-12H,1-2,8-10,20H2,(H,21,22). The molecule has 8 heteroatoms. The molecule has 3 N–H and O–H groups in total. The molecule has 4 rings (SSSR count). The van der Waals surface area contributed by atoms with Gasteiger partial charge in [-0.2, -0.15) is 4.98 Å². The molecule has 138 valence electrons. The number of nitrogens with one attached hydrogen (secondary N) is 1. The van der Waals surface area contributed by atoms with E-state index in [-0.39, 0.29) is 11.8 Å². The summed E-state index contributed by atoms with van der Waals surface area (Å²) in [6.07, 6.45) is 7.46. The van der Waals surface area contributed by atoms with Gasteiger partial charge in [-0.3, -0.25) is 4.79 Å². The van der Waals surface area contributed by atoms with Crippen molar-refractivity contribution in [1.29, 1.82) is 0 Å². The zero-order valence-corrected chi connectivity index (χ0v) is 14.8. The van der Waals surface area contributed by atoms with Crippen molar-refractivity contribution < 1.29 is 9.32 Å². The number of aromatic amines is 1. The Bertz CT molecular complexity index is 968. The fraction of sp³-hybridized carbons (Fsp3) is 0.263. The predicted molar refractivity (Wildman–Crippen MR) is 101 cm³/mol. The minimum atomic E-state index is -0.202. The summed E-state index contributed by atoms with van der Waals surface area (Å²) in [6.45, 7) is 1.95. The van der Waals surface area contributed by atoms with Crippen molar-refractivity contribution in [2.24, 2.45) is 5.73 Å². The van der Waals surface area contributed by atoms with Crippen LogP contribution >= 0.6 is 0 Å². The number of aromatic nitrogens is 4.